The first-order valence-corrected chi connectivity index (χ1v) is 3.98. The van der Waals surface area contributed by atoms with Gasteiger partial charge < -0.3 is 0 Å². The largest absolute Gasteiger partial charge is 0.199 e. The van der Waals surface area contributed by atoms with E-state index in [1.807, 2.05) is 26.8 Å². The summed E-state index contributed by atoms with van der Waals surface area (Å²) < 4.78 is 0. The summed E-state index contributed by atoms with van der Waals surface area (Å²) in [6.07, 6.45) is 5.50. The predicted octanol–water partition coefficient (Wildman–Crippen LogP) is 3.86. The highest BCUT2D eigenvalue weighted by Gasteiger charge is 1.71. The van der Waals surface area contributed by atoms with E-state index in [-0.39, 0.29) is 0 Å². The van der Waals surface area contributed by atoms with Gasteiger partial charge in [-0.05, 0) is 12.5 Å². The molecule has 0 radical (unpaired) electrons. The lowest BCUT2D eigenvalue weighted by Gasteiger charge is -1.82. The smallest absolute Gasteiger partial charge is 0.0587 e. The van der Waals surface area contributed by atoms with Gasteiger partial charge in [-0.25, -0.2) is 0 Å². The second kappa shape index (κ2) is 22.6. The fourth-order valence-corrected chi connectivity index (χ4v) is 0.319. The first kappa shape index (κ1) is 17.0. The molecule has 0 saturated carbocycles. The van der Waals surface area contributed by atoms with Crippen molar-refractivity contribution in [2.45, 2.75) is 27.7 Å². The molecule has 1 nitrogen and oxygen atoms in total. The van der Waals surface area contributed by atoms with Gasteiger partial charge in [-0.2, -0.15) is 5.26 Å². The van der Waals surface area contributed by atoms with Crippen LogP contribution < -0.4 is 0 Å². The van der Waals surface area contributed by atoms with Gasteiger partial charge in [-0.3, -0.25) is 0 Å². The summed E-state index contributed by atoms with van der Waals surface area (Å²) >= 11 is 0. The maximum absolute atomic E-state index is 7.32. The molecular weight excluding hydrogens is 146 g/mol. The summed E-state index contributed by atoms with van der Waals surface area (Å²) in [5, 5.41) is 7.32. The molecule has 68 valence electrons. The molecule has 0 aromatic rings. The second-order valence-corrected chi connectivity index (χ2v) is 1.42. The molecule has 0 rings (SSSR count). The van der Waals surface area contributed by atoms with E-state index in [4.69, 9.17) is 5.26 Å². The minimum absolute atomic E-state index is 1.08. The van der Waals surface area contributed by atoms with Crippen molar-refractivity contribution >= 4 is 0 Å². The Morgan fingerprint density at radius 1 is 1.25 bits per heavy atom. The minimum atomic E-state index is 1.08. The van der Waals surface area contributed by atoms with Crippen molar-refractivity contribution in [2.24, 2.45) is 0 Å². The first-order chi connectivity index (χ1) is 5.76. The van der Waals surface area contributed by atoms with Gasteiger partial charge in [0.1, 0.15) is 0 Å². The van der Waals surface area contributed by atoms with Crippen LogP contribution in [0.15, 0.2) is 37.0 Å². The molecule has 0 unspecified atom stereocenters. The van der Waals surface area contributed by atoms with Gasteiger partial charge in [-0.1, -0.05) is 45.2 Å². The van der Waals surface area contributed by atoms with Crippen molar-refractivity contribution in [1.29, 1.82) is 5.26 Å². The molecule has 0 fully saturated rings. The predicted molar refractivity (Wildman–Crippen MR) is 56.8 cm³/mol. The maximum Gasteiger partial charge on any atom is 0.0587 e. The van der Waals surface area contributed by atoms with E-state index in [0.717, 1.165) is 5.57 Å². The highest BCUT2D eigenvalue weighted by atomic mass is 14.2. The van der Waals surface area contributed by atoms with Gasteiger partial charge in [-0.15, -0.1) is 0 Å². The molecule has 0 atom stereocenters. The standard InChI is InChI=1S/C7H10.C2H3N.C2H6/c1-4-7(5-2)6-3;1-2-3;1-2/h4-6H,1-2H2,3H3;1H3;1-2H3. The van der Waals surface area contributed by atoms with Crippen LogP contribution in [0.1, 0.15) is 27.7 Å². The quantitative estimate of drug-likeness (QED) is 0.570. The van der Waals surface area contributed by atoms with Gasteiger partial charge in [0.05, 0.1) is 6.07 Å². The molecular formula is C11H19N. The zero-order chi connectivity index (χ0) is 10.4. The Morgan fingerprint density at radius 2 is 1.50 bits per heavy atom. The van der Waals surface area contributed by atoms with Crippen molar-refractivity contribution in [3.8, 4) is 6.07 Å². The SMILES string of the molecule is C=CC(C=C)=CC.CC.CC#N. The Bertz CT molecular complexity index is 148. The molecule has 0 N–H and O–H groups in total. The number of hydrogen-bond donors (Lipinski definition) is 0. The second-order valence-electron chi connectivity index (χ2n) is 1.42. The third-order valence-electron chi connectivity index (χ3n) is 0.805. The zero-order valence-corrected chi connectivity index (χ0v) is 8.59. The Kier molecular flexibility index (Phi) is 32.0. The third-order valence-corrected chi connectivity index (χ3v) is 0.805. The van der Waals surface area contributed by atoms with E-state index in [2.05, 4.69) is 13.2 Å². The molecule has 0 aliphatic heterocycles. The summed E-state index contributed by atoms with van der Waals surface area (Å²) in [5.41, 5.74) is 1.08. The maximum atomic E-state index is 7.32. The van der Waals surface area contributed by atoms with Gasteiger partial charge in [0.15, 0.2) is 0 Å². The third kappa shape index (κ3) is 23.3. The fraction of sp³-hybridized carbons (Fsp3) is 0.364. The Labute approximate surface area is 76.7 Å². The normalized spacial score (nSPS) is 5.25. The Hall–Kier alpha value is -1.29. The molecule has 12 heavy (non-hydrogen) atoms. The van der Waals surface area contributed by atoms with Crippen LogP contribution in [0.25, 0.3) is 0 Å². The van der Waals surface area contributed by atoms with Crippen molar-refractivity contribution in [1.82, 2.24) is 0 Å². The van der Waals surface area contributed by atoms with Crippen LogP contribution in [0.3, 0.4) is 0 Å². The van der Waals surface area contributed by atoms with Crippen LogP contribution in [0.2, 0.25) is 0 Å². The van der Waals surface area contributed by atoms with Gasteiger partial charge in [0.2, 0.25) is 0 Å². The van der Waals surface area contributed by atoms with Crippen LogP contribution in [0.4, 0.5) is 0 Å². The van der Waals surface area contributed by atoms with E-state index in [0.29, 0.717) is 0 Å². The van der Waals surface area contributed by atoms with E-state index in [9.17, 15) is 0 Å². The van der Waals surface area contributed by atoms with Crippen molar-refractivity contribution in [2.75, 3.05) is 0 Å². The molecule has 0 heterocycles. The Morgan fingerprint density at radius 3 is 1.50 bits per heavy atom. The lowest BCUT2D eigenvalue weighted by molar-refractivity contribution is 1.49. The van der Waals surface area contributed by atoms with Crippen LogP contribution in [0.5, 0.6) is 0 Å². The molecule has 0 spiro atoms. The number of nitrogens with zero attached hydrogens (tertiary/aromatic N) is 1. The first-order valence-electron chi connectivity index (χ1n) is 3.98. The van der Waals surface area contributed by atoms with Crippen LogP contribution in [-0.2, 0) is 0 Å². The summed E-state index contributed by atoms with van der Waals surface area (Å²) in [6, 6.07) is 1.75. The van der Waals surface area contributed by atoms with Crippen molar-refractivity contribution in [3.63, 3.8) is 0 Å². The topological polar surface area (TPSA) is 23.8 Å². The number of rotatable bonds is 2. The summed E-state index contributed by atoms with van der Waals surface area (Å²) in [5.74, 6) is 0. The summed E-state index contributed by atoms with van der Waals surface area (Å²) in [6.45, 7) is 14.5. The van der Waals surface area contributed by atoms with Gasteiger partial charge in [0, 0.05) is 6.92 Å². The highest BCUT2D eigenvalue weighted by Crippen LogP contribution is 1.92. The molecule has 0 aliphatic carbocycles. The van der Waals surface area contributed by atoms with Crippen LogP contribution in [-0.4, -0.2) is 0 Å². The van der Waals surface area contributed by atoms with Crippen molar-refractivity contribution in [3.05, 3.63) is 37.0 Å². The lowest BCUT2D eigenvalue weighted by Crippen LogP contribution is -1.61. The van der Waals surface area contributed by atoms with Gasteiger partial charge in [0.25, 0.3) is 0 Å². The van der Waals surface area contributed by atoms with E-state index in [1.165, 1.54) is 6.92 Å². The molecule has 0 amide bonds. The van der Waals surface area contributed by atoms with Crippen LogP contribution in [0, 0.1) is 11.3 Å². The fourth-order valence-electron chi connectivity index (χ4n) is 0.319. The monoisotopic (exact) mass is 165 g/mol. The average Bonchev–Trinajstić information content (AvgIpc) is 2.12. The Balaban J connectivity index is -0.000000137. The molecule has 0 aromatic carbocycles. The lowest BCUT2D eigenvalue weighted by atomic mass is 10.2. The summed E-state index contributed by atoms with van der Waals surface area (Å²) in [7, 11) is 0. The molecule has 1 heteroatoms. The molecule has 0 aliphatic rings. The average molecular weight is 165 g/mol. The molecule has 0 bridgehead atoms. The van der Waals surface area contributed by atoms with E-state index >= 15 is 0 Å². The van der Waals surface area contributed by atoms with Gasteiger partial charge >= 0.3 is 0 Å². The zero-order valence-electron chi connectivity index (χ0n) is 8.59. The van der Waals surface area contributed by atoms with Crippen LogP contribution >= 0.6 is 0 Å². The minimum Gasteiger partial charge on any atom is -0.199 e. The van der Waals surface area contributed by atoms with Crippen molar-refractivity contribution < 1.29 is 0 Å². The van der Waals surface area contributed by atoms with E-state index < -0.39 is 0 Å². The molecule has 0 saturated heterocycles. The molecule has 0 aromatic heterocycles. The highest BCUT2D eigenvalue weighted by molar-refractivity contribution is 5.26. The number of hydrogen-bond acceptors (Lipinski definition) is 1. The van der Waals surface area contributed by atoms with E-state index in [1.54, 1.807) is 18.2 Å². The number of nitriles is 1. The number of allylic oxidation sites excluding steroid dienone is 4. The summed E-state index contributed by atoms with van der Waals surface area (Å²) in [4.78, 5) is 0.